The van der Waals surface area contributed by atoms with E-state index < -0.39 is 8.48 Å². The number of hydrogen-bond donors (Lipinski definition) is 0. The third kappa shape index (κ3) is 1.62. The Kier molecular flexibility index (Phi) is 3.45. The summed E-state index contributed by atoms with van der Waals surface area (Å²) in [4.78, 5) is 0. The lowest BCUT2D eigenvalue weighted by Gasteiger charge is -2.35. The molecule has 0 aromatic rings. The van der Waals surface area contributed by atoms with Crippen molar-refractivity contribution in [3.05, 3.63) is 36.7 Å². The number of hydrogen-bond acceptors (Lipinski definition) is 1. The van der Waals surface area contributed by atoms with Crippen LogP contribution in [-0.4, -0.2) is 26.1 Å². The molecular formula is C11H19NSi2. The third-order valence-electron chi connectivity index (χ3n) is 3.20. The van der Waals surface area contributed by atoms with Crippen molar-refractivity contribution in [2.75, 3.05) is 0 Å². The first-order chi connectivity index (χ1) is 6.54. The van der Waals surface area contributed by atoms with E-state index in [1.165, 1.54) is 16.4 Å². The van der Waals surface area contributed by atoms with Crippen LogP contribution in [0.5, 0.6) is 0 Å². The van der Waals surface area contributed by atoms with Crippen LogP contribution in [0.1, 0.15) is 13.8 Å². The Bertz CT molecular complexity index is 339. The van der Waals surface area contributed by atoms with Gasteiger partial charge in [0.2, 0.25) is 0 Å². The first kappa shape index (κ1) is 11.4. The van der Waals surface area contributed by atoms with Crippen LogP contribution < -0.4 is 0 Å². The summed E-state index contributed by atoms with van der Waals surface area (Å²) >= 11 is 0. The molecule has 0 aliphatic carbocycles. The fourth-order valence-electron chi connectivity index (χ4n) is 2.02. The van der Waals surface area contributed by atoms with Crippen molar-refractivity contribution >= 4 is 21.6 Å². The molecule has 0 aromatic carbocycles. The van der Waals surface area contributed by atoms with Crippen LogP contribution in [0.4, 0.5) is 0 Å². The molecule has 1 aliphatic heterocycles. The summed E-state index contributed by atoms with van der Waals surface area (Å²) in [6.07, 6.45) is 4.07. The zero-order valence-electron chi connectivity index (χ0n) is 9.59. The molecule has 0 amide bonds. The van der Waals surface area contributed by atoms with Gasteiger partial charge in [-0.05, 0) is 30.8 Å². The first-order valence-electron chi connectivity index (χ1n) is 4.96. The molecule has 0 N–H and O–H groups in total. The lowest BCUT2D eigenvalue weighted by atomic mass is 10.1. The molecule has 0 fully saturated rings. The van der Waals surface area contributed by atoms with Gasteiger partial charge in [-0.2, -0.15) is 0 Å². The molecule has 0 spiro atoms. The highest BCUT2D eigenvalue weighted by Gasteiger charge is 2.24. The Morgan fingerprint density at radius 3 is 2.36 bits per heavy atom. The number of nitrogens with zero attached hydrogens (tertiary/aromatic N) is 1. The summed E-state index contributed by atoms with van der Waals surface area (Å²) in [6, 6.07) is 0. The standard InChI is InChI=1S/C11H19NSi2/c1-7-11-9(3)10(4)12(8-2)14(6)13(11)5/h7-8,14H,1-2H2,3-6H3. The average molecular weight is 221 g/mol. The lowest BCUT2D eigenvalue weighted by Crippen LogP contribution is -2.46. The molecule has 1 atom stereocenters. The van der Waals surface area contributed by atoms with Crippen LogP contribution in [0.2, 0.25) is 13.1 Å². The summed E-state index contributed by atoms with van der Waals surface area (Å²) in [7, 11) is -1.19. The molecule has 0 radical (unpaired) electrons. The second kappa shape index (κ2) is 4.23. The number of rotatable bonds is 2. The maximum Gasteiger partial charge on any atom is 0.149 e. The second-order valence-electron chi connectivity index (χ2n) is 3.78. The normalized spacial score (nSPS) is 22.9. The van der Waals surface area contributed by atoms with Crippen LogP contribution in [-0.2, 0) is 0 Å². The Morgan fingerprint density at radius 2 is 1.93 bits per heavy atom. The van der Waals surface area contributed by atoms with Gasteiger partial charge in [-0.15, -0.1) is 0 Å². The Labute approximate surface area is 90.1 Å². The molecule has 0 saturated heterocycles. The number of allylic oxidation sites excluding steroid dienone is 3. The van der Waals surface area contributed by atoms with Gasteiger partial charge in [0.05, 0.1) is 0 Å². The molecule has 0 saturated carbocycles. The lowest BCUT2D eigenvalue weighted by molar-refractivity contribution is 0.718. The van der Waals surface area contributed by atoms with Crippen LogP contribution in [0, 0.1) is 0 Å². The molecule has 14 heavy (non-hydrogen) atoms. The van der Waals surface area contributed by atoms with E-state index in [9.17, 15) is 0 Å². The van der Waals surface area contributed by atoms with Crippen molar-refractivity contribution in [2.45, 2.75) is 26.9 Å². The van der Waals surface area contributed by atoms with Gasteiger partial charge in [-0.3, -0.25) is 0 Å². The fourth-order valence-corrected chi connectivity index (χ4v) is 9.57. The minimum atomic E-state index is -0.825. The molecule has 0 aromatic heterocycles. The van der Waals surface area contributed by atoms with E-state index in [0.717, 1.165) is 0 Å². The molecule has 1 rings (SSSR count). The van der Waals surface area contributed by atoms with E-state index in [0.29, 0.717) is 0 Å². The van der Waals surface area contributed by atoms with Gasteiger partial charge in [0.25, 0.3) is 0 Å². The second-order valence-corrected chi connectivity index (χ2v) is 12.7. The van der Waals surface area contributed by atoms with Crippen molar-refractivity contribution < 1.29 is 0 Å². The molecular weight excluding hydrogens is 202 g/mol. The highest BCUT2D eigenvalue weighted by atomic mass is 29.2. The minimum Gasteiger partial charge on any atom is -0.381 e. The van der Waals surface area contributed by atoms with Crippen molar-refractivity contribution in [3.63, 3.8) is 0 Å². The summed E-state index contributed by atoms with van der Waals surface area (Å²) in [5, 5.41) is 1.53. The summed E-state index contributed by atoms with van der Waals surface area (Å²) < 4.78 is 2.43. The fraction of sp³-hybridized carbons (Fsp3) is 0.364. The van der Waals surface area contributed by atoms with Gasteiger partial charge in [-0.25, -0.2) is 0 Å². The molecule has 1 heterocycles. The van der Waals surface area contributed by atoms with E-state index in [4.69, 9.17) is 0 Å². The predicted molar refractivity (Wildman–Crippen MR) is 70.2 cm³/mol. The monoisotopic (exact) mass is 221 g/mol. The Hall–Kier alpha value is -0.676. The van der Waals surface area contributed by atoms with Gasteiger partial charge >= 0.3 is 0 Å². The van der Waals surface area contributed by atoms with Gasteiger partial charge in [0.1, 0.15) is 8.48 Å². The largest absolute Gasteiger partial charge is 0.381 e. The first-order valence-corrected chi connectivity index (χ1v) is 10.4. The topological polar surface area (TPSA) is 3.24 Å². The SMILES string of the molecule is C=CC1=[Si](C)[SiH](C)N(C=C)C(C)=C1C. The van der Waals surface area contributed by atoms with Crippen molar-refractivity contribution in [1.29, 1.82) is 0 Å². The van der Waals surface area contributed by atoms with Gasteiger partial charge in [0.15, 0.2) is 0 Å². The molecule has 1 nitrogen and oxygen atoms in total. The predicted octanol–water partition coefficient (Wildman–Crippen LogP) is 2.24. The zero-order chi connectivity index (χ0) is 10.9. The smallest absolute Gasteiger partial charge is 0.149 e. The van der Waals surface area contributed by atoms with Crippen LogP contribution in [0.25, 0.3) is 0 Å². The van der Waals surface area contributed by atoms with Crippen molar-refractivity contribution in [1.82, 2.24) is 4.57 Å². The minimum absolute atomic E-state index is 0.367. The molecule has 76 valence electrons. The van der Waals surface area contributed by atoms with E-state index in [1.807, 2.05) is 6.20 Å². The van der Waals surface area contributed by atoms with Crippen LogP contribution >= 0.6 is 0 Å². The van der Waals surface area contributed by atoms with E-state index in [1.54, 1.807) is 0 Å². The molecule has 0 bridgehead atoms. The van der Waals surface area contributed by atoms with E-state index in [-0.39, 0.29) is 7.93 Å². The quantitative estimate of drug-likeness (QED) is 0.647. The third-order valence-corrected chi connectivity index (χ3v) is 12.8. The Morgan fingerprint density at radius 1 is 1.36 bits per heavy atom. The van der Waals surface area contributed by atoms with Gasteiger partial charge in [-0.1, -0.05) is 32.3 Å². The summed E-state index contributed by atoms with van der Waals surface area (Å²) in [5.41, 5.74) is 2.80. The molecule has 1 unspecified atom stereocenters. The summed E-state index contributed by atoms with van der Waals surface area (Å²) in [5.74, 6) is 0. The van der Waals surface area contributed by atoms with E-state index in [2.05, 4.69) is 50.7 Å². The zero-order valence-corrected chi connectivity index (χ0v) is 11.7. The highest BCUT2D eigenvalue weighted by Crippen LogP contribution is 2.19. The maximum atomic E-state index is 3.94. The highest BCUT2D eigenvalue weighted by molar-refractivity contribution is 7.24. The van der Waals surface area contributed by atoms with Crippen molar-refractivity contribution in [2.24, 2.45) is 0 Å². The average Bonchev–Trinajstić information content (AvgIpc) is 2.17. The van der Waals surface area contributed by atoms with E-state index >= 15 is 0 Å². The van der Waals surface area contributed by atoms with Crippen LogP contribution in [0.15, 0.2) is 36.7 Å². The van der Waals surface area contributed by atoms with Crippen molar-refractivity contribution in [3.8, 4) is 0 Å². The maximum absolute atomic E-state index is 3.94. The molecule has 3 heteroatoms. The van der Waals surface area contributed by atoms with Gasteiger partial charge < -0.3 is 4.57 Å². The Balaban J connectivity index is 3.30. The van der Waals surface area contributed by atoms with Crippen LogP contribution in [0.3, 0.4) is 0 Å². The molecule has 1 aliphatic rings. The van der Waals surface area contributed by atoms with Gasteiger partial charge in [0, 0.05) is 13.6 Å². The summed E-state index contributed by atoms with van der Waals surface area (Å²) in [6.45, 7) is 17.1.